The molecule has 0 saturated carbocycles. The molecule has 3 rings (SSSR count). The Morgan fingerprint density at radius 1 is 1.03 bits per heavy atom. The zero-order valence-corrected chi connectivity index (χ0v) is 21.6. The Kier molecular flexibility index (Phi) is 8.33. The first-order chi connectivity index (χ1) is 15.7. The summed E-state index contributed by atoms with van der Waals surface area (Å²) in [6.07, 6.45) is 0. The van der Waals surface area contributed by atoms with Gasteiger partial charge in [-0.3, -0.25) is 9.10 Å². The fourth-order valence-electron chi connectivity index (χ4n) is 2.86. The van der Waals surface area contributed by atoms with Crippen LogP contribution in [0.3, 0.4) is 0 Å². The van der Waals surface area contributed by atoms with Crippen LogP contribution in [-0.2, 0) is 14.8 Å². The number of carbonyl (C=O) groups excluding carboxylic acids is 1. The number of rotatable bonds is 8. The zero-order chi connectivity index (χ0) is 24.0. The Hall–Kier alpha value is -2.63. The lowest BCUT2D eigenvalue weighted by Crippen LogP contribution is -2.39. The smallest absolute Gasteiger partial charge is 0.264 e. The monoisotopic (exact) mass is 597 g/mol. The highest BCUT2D eigenvalue weighted by Gasteiger charge is 2.27. The van der Waals surface area contributed by atoms with Crippen molar-refractivity contribution in [3.63, 3.8) is 0 Å². The minimum atomic E-state index is -4.06. The predicted molar refractivity (Wildman–Crippen MR) is 138 cm³/mol. The SMILES string of the molecule is COc1ccc(S(=O)(=O)N(CC(=O)N/N=C(/C)c2ccc(I)cc2)c2ccc(Cl)cc2)cc1. The molecule has 33 heavy (non-hydrogen) atoms. The molecule has 1 amide bonds. The highest BCUT2D eigenvalue weighted by Crippen LogP contribution is 2.26. The van der Waals surface area contributed by atoms with Crippen LogP contribution in [0.4, 0.5) is 5.69 Å². The van der Waals surface area contributed by atoms with E-state index in [2.05, 4.69) is 33.1 Å². The van der Waals surface area contributed by atoms with Gasteiger partial charge in [0, 0.05) is 8.59 Å². The molecule has 10 heteroatoms. The van der Waals surface area contributed by atoms with Gasteiger partial charge in [-0.1, -0.05) is 23.7 Å². The summed E-state index contributed by atoms with van der Waals surface area (Å²) in [5, 5.41) is 4.56. The van der Waals surface area contributed by atoms with Crippen LogP contribution < -0.4 is 14.5 Å². The number of amides is 1. The number of nitrogens with one attached hydrogen (secondary N) is 1. The number of sulfonamides is 1. The summed E-state index contributed by atoms with van der Waals surface area (Å²) in [5.41, 5.74) is 4.18. The Balaban J connectivity index is 1.86. The molecular weight excluding hydrogens is 577 g/mol. The van der Waals surface area contributed by atoms with Crippen LogP contribution in [0.2, 0.25) is 5.02 Å². The molecule has 0 radical (unpaired) electrons. The van der Waals surface area contributed by atoms with E-state index in [1.54, 1.807) is 31.2 Å². The number of halogens is 2. The first-order valence-corrected chi connectivity index (χ1v) is 12.6. The van der Waals surface area contributed by atoms with Gasteiger partial charge in [-0.25, -0.2) is 13.8 Å². The molecule has 0 aliphatic rings. The van der Waals surface area contributed by atoms with Crippen molar-refractivity contribution in [3.8, 4) is 5.75 Å². The van der Waals surface area contributed by atoms with Gasteiger partial charge in [0.1, 0.15) is 12.3 Å². The molecule has 0 aliphatic heterocycles. The van der Waals surface area contributed by atoms with Crippen LogP contribution in [-0.4, -0.2) is 33.7 Å². The van der Waals surface area contributed by atoms with E-state index in [-0.39, 0.29) is 4.90 Å². The summed E-state index contributed by atoms with van der Waals surface area (Å²) >= 11 is 8.16. The highest BCUT2D eigenvalue weighted by molar-refractivity contribution is 14.1. The lowest BCUT2D eigenvalue weighted by molar-refractivity contribution is -0.119. The second-order valence-corrected chi connectivity index (χ2v) is 10.4. The van der Waals surface area contributed by atoms with E-state index in [0.717, 1.165) is 13.4 Å². The van der Waals surface area contributed by atoms with Crippen molar-refractivity contribution in [2.45, 2.75) is 11.8 Å². The molecule has 0 aromatic heterocycles. The number of hydrogen-bond donors (Lipinski definition) is 1. The summed E-state index contributed by atoms with van der Waals surface area (Å²) in [7, 11) is -2.57. The van der Waals surface area contributed by atoms with E-state index in [4.69, 9.17) is 16.3 Å². The van der Waals surface area contributed by atoms with Crippen molar-refractivity contribution >= 4 is 61.5 Å². The summed E-state index contributed by atoms with van der Waals surface area (Å²) < 4.78 is 33.9. The van der Waals surface area contributed by atoms with Crippen molar-refractivity contribution in [2.75, 3.05) is 18.0 Å². The third kappa shape index (κ3) is 6.46. The minimum Gasteiger partial charge on any atom is -0.497 e. The highest BCUT2D eigenvalue weighted by atomic mass is 127. The Morgan fingerprint density at radius 2 is 1.64 bits per heavy atom. The molecule has 0 fully saturated rings. The second kappa shape index (κ2) is 11.0. The molecule has 3 aromatic rings. The summed E-state index contributed by atoms with van der Waals surface area (Å²) in [5.74, 6) is -0.0722. The molecule has 0 aliphatic carbocycles. The molecule has 0 heterocycles. The van der Waals surface area contributed by atoms with Gasteiger partial charge in [0.2, 0.25) is 0 Å². The molecular formula is C23H21ClIN3O4S. The average Bonchev–Trinajstić information content (AvgIpc) is 2.82. The second-order valence-electron chi connectivity index (χ2n) is 6.90. The quantitative estimate of drug-likeness (QED) is 0.232. The standard InChI is InChI=1S/C23H21ClIN3O4S/c1-16(17-3-7-19(25)8-4-17)26-27-23(29)15-28(20-9-5-18(24)6-10-20)33(30,31)22-13-11-21(32-2)12-14-22/h3-14H,15H2,1-2H3,(H,27,29)/b26-16-. The Bertz CT molecular complexity index is 1250. The molecule has 0 unspecified atom stereocenters. The molecule has 3 aromatic carbocycles. The van der Waals surface area contributed by atoms with Crippen LogP contribution >= 0.6 is 34.2 Å². The maximum absolute atomic E-state index is 13.4. The number of methoxy groups -OCH3 is 1. The van der Waals surface area contributed by atoms with E-state index in [1.165, 1.54) is 31.4 Å². The van der Waals surface area contributed by atoms with Crippen molar-refractivity contribution in [2.24, 2.45) is 5.10 Å². The number of nitrogens with zero attached hydrogens (tertiary/aromatic N) is 2. The van der Waals surface area contributed by atoms with E-state index in [0.29, 0.717) is 22.2 Å². The van der Waals surface area contributed by atoms with Crippen molar-refractivity contribution in [3.05, 3.63) is 87.0 Å². The lowest BCUT2D eigenvalue weighted by atomic mass is 10.1. The van der Waals surface area contributed by atoms with E-state index in [9.17, 15) is 13.2 Å². The summed E-state index contributed by atoms with van der Waals surface area (Å²) in [6.45, 7) is 1.28. The molecule has 172 valence electrons. The van der Waals surface area contributed by atoms with Gasteiger partial charge in [0.25, 0.3) is 15.9 Å². The van der Waals surface area contributed by atoms with Gasteiger partial charge in [-0.2, -0.15) is 5.10 Å². The number of hydrogen-bond acceptors (Lipinski definition) is 5. The van der Waals surface area contributed by atoms with Gasteiger partial charge >= 0.3 is 0 Å². The molecule has 0 bridgehead atoms. The van der Waals surface area contributed by atoms with E-state index in [1.807, 2.05) is 24.3 Å². The predicted octanol–water partition coefficient (Wildman–Crippen LogP) is 4.69. The third-order valence-electron chi connectivity index (χ3n) is 4.66. The zero-order valence-electron chi connectivity index (χ0n) is 17.8. The Labute approximate surface area is 211 Å². The van der Waals surface area contributed by atoms with Crippen LogP contribution in [0.1, 0.15) is 12.5 Å². The number of ether oxygens (including phenoxy) is 1. The normalized spacial score (nSPS) is 11.7. The average molecular weight is 598 g/mol. The van der Waals surface area contributed by atoms with Crippen molar-refractivity contribution < 1.29 is 17.9 Å². The van der Waals surface area contributed by atoms with Gasteiger partial charge in [-0.05, 0) is 95.7 Å². The van der Waals surface area contributed by atoms with Crippen LogP contribution in [0.25, 0.3) is 0 Å². The maximum atomic E-state index is 13.4. The summed E-state index contributed by atoms with van der Waals surface area (Å²) in [6, 6.07) is 19.8. The fraction of sp³-hybridized carbons (Fsp3) is 0.130. The van der Waals surface area contributed by atoms with Gasteiger partial charge < -0.3 is 4.74 Å². The van der Waals surface area contributed by atoms with Gasteiger partial charge in [0.05, 0.1) is 23.4 Å². The van der Waals surface area contributed by atoms with Crippen LogP contribution in [0.5, 0.6) is 5.75 Å². The van der Waals surface area contributed by atoms with E-state index < -0.39 is 22.5 Å². The first-order valence-electron chi connectivity index (χ1n) is 9.72. The molecule has 0 atom stereocenters. The van der Waals surface area contributed by atoms with Crippen molar-refractivity contribution in [1.82, 2.24) is 5.43 Å². The first kappa shape index (κ1) is 25.0. The summed E-state index contributed by atoms with van der Waals surface area (Å²) in [4.78, 5) is 12.7. The van der Waals surface area contributed by atoms with Gasteiger partial charge in [-0.15, -0.1) is 0 Å². The van der Waals surface area contributed by atoms with Crippen LogP contribution in [0.15, 0.2) is 82.8 Å². The topological polar surface area (TPSA) is 88.1 Å². The molecule has 7 nitrogen and oxygen atoms in total. The lowest BCUT2D eigenvalue weighted by Gasteiger charge is -2.24. The number of carbonyl (C=O) groups is 1. The molecule has 0 saturated heterocycles. The molecule has 0 spiro atoms. The molecule has 1 N–H and O–H groups in total. The number of anilines is 1. The van der Waals surface area contributed by atoms with Crippen molar-refractivity contribution in [1.29, 1.82) is 0 Å². The Morgan fingerprint density at radius 3 is 2.21 bits per heavy atom. The number of hydrazone groups is 1. The van der Waals surface area contributed by atoms with Crippen LogP contribution in [0, 0.1) is 3.57 Å². The maximum Gasteiger partial charge on any atom is 0.264 e. The van der Waals surface area contributed by atoms with Gasteiger partial charge in [0.15, 0.2) is 0 Å². The number of benzene rings is 3. The third-order valence-corrected chi connectivity index (χ3v) is 7.42. The van der Waals surface area contributed by atoms with E-state index >= 15 is 0 Å². The largest absolute Gasteiger partial charge is 0.497 e. The fourth-order valence-corrected chi connectivity index (χ4v) is 4.77. The minimum absolute atomic E-state index is 0.0182.